The molecule has 0 radical (unpaired) electrons. The standard InChI is InChI=1S/C14H20FNO3/c1-3-19-14(18)8-13(17)9-16-10(2)11-4-6-12(15)7-5-11/h4-7,10,13,16-17H,3,8-9H2,1-2H3/t10-,13?/m0/s1. The predicted molar refractivity (Wildman–Crippen MR) is 70.1 cm³/mol. The molecule has 1 aromatic rings. The van der Waals surface area contributed by atoms with E-state index < -0.39 is 12.1 Å². The Balaban J connectivity index is 2.35. The summed E-state index contributed by atoms with van der Waals surface area (Å²) in [6.07, 6.45) is -0.821. The lowest BCUT2D eigenvalue weighted by molar-refractivity contribution is -0.145. The number of hydrogen-bond acceptors (Lipinski definition) is 4. The van der Waals surface area contributed by atoms with Gasteiger partial charge in [0.25, 0.3) is 0 Å². The SMILES string of the molecule is CCOC(=O)CC(O)CN[C@@H](C)c1ccc(F)cc1. The average Bonchev–Trinajstić information content (AvgIpc) is 2.37. The highest BCUT2D eigenvalue weighted by atomic mass is 19.1. The molecule has 0 heterocycles. The highest BCUT2D eigenvalue weighted by Gasteiger charge is 2.13. The van der Waals surface area contributed by atoms with E-state index in [0.29, 0.717) is 6.61 Å². The fraction of sp³-hybridized carbons (Fsp3) is 0.500. The van der Waals surface area contributed by atoms with Crippen LogP contribution in [0.25, 0.3) is 0 Å². The summed E-state index contributed by atoms with van der Waals surface area (Å²) in [7, 11) is 0. The Kier molecular flexibility index (Phi) is 6.45. The second-order valence-electron chi connectivity index (χ2n) is 4.34. The highest BCUT2D eigenvalue weighted by Crippen LogP contribution is 2.12. The molecule has 0 aliphatic heterocycles. The van der Waals surface area contributed by atoms with Crippen molar-refractivity contribution in [1.82, 2.24) is 5.32 Å². The minimum atomic E-state index is -0.790. The van der Waals surface area contributed by atoms with E-state index in [9.17, 15) is 14.3 Å². The van der Waals surface area contributed by atoms with Crippen molar-refractivity contribution in [3.8, 4) is 0 Å². The van der Waals surface area contributed by atoms with Gasteiger partial charge in [0.15, 0.2) is 0 Å². The number of hydrogen-bond donors (Lipinski definition) is 2. The lowest BCUT2D eigenvalue weighted by Gasteiger charge is -2.17. The van der Waals surface area contributed by atoms with E-state index >= 15 is 0 Å². The van der Waals surface area contributed by atoms with Crippen LogP contribution in [0.4, 0.5) is 4.39 Å². The van der Waals surface area contributed by atoms with Gasteiger partial charge in [0.2, 0.25) is 0 Å². The molecule has 1 unspecified atom stereocenters. The molecule has 4 nitrogen and oxygen atoms in total. The van der Waals surface area contributed by atoms with Gasteiger partial charge in [-0.25, -0.2) is 4.39 Å². The van der Waals surface area contributed by atoms with Crippen molar-refractivity contribution >= 4 is 5.97 Å². The maximum atomic E-state index is 12.8. The van der Waals surface area contributed by atoms with Crippen LogP contribution in [0.3, 0.4) is 0 Å². The average molecular weight is 269 g/mol. The van der Waals surface area contributed by atoms with Gasteiger partial charge in [-0.3, -0.25) is 4.79 Å². The summed E-state index contributed by atoms with van der Waals surface area (Å²) < 4.78 is 17.5. The number of aliphatic hydroxyl groups excluding tert-OH is 1. The lowest BCUT2D eigenvalue weighted by atomic mass is 10.1. The van der Waals surface area contributed by atoms with E-state index in [1.807, 2.05) is 6.92 Å². The maximum Gasteiger partial charge on any atom is 0.308 e. The molecule has 0 aromatic heterocycles. The summed E-state index contributed by atoms with van der Waals surface area (Å²) in [6.45, 7) is 4.21. The minimum Gasteiger partial charge on any atom is -0.466 e. The van der Waals surface area contributed by atoms with E-state index in [-0.39, 0.29) is 24.8 Å². The third-order valence-corrected chi connectivity index (χ3v) is 2.74. The molecule has 1 aromatic carbocycles. The molecule has 5 heteroatoms. The van der Waals surface area contributed by atoms with Gasteiger partial charge < -0.3 is 15.2 Å². The fourth-order valence-corrected chi connectivity index (χ4v) is 1.67. The molecule has 2 N–H and O–H groups in total. The molecule has 0 spiro atoms. The van der Waals surface area contributed by atoms with Gasteiger partial charge in [-0.15, -0.1) is 0 Å². The van der Waals surface area contributed by atoms with Crippen LogP contribution < -0.4 is 5.32 Å². The van der Waals surface area contributed by atoms with Crippen molar-refractivity contribution in [2.75, 3.05) is 13.2 Å². The van der Waals surface area contributed by atoms with Gasteiger partial charge in [0, 0.05) is 12.6 Å². The maximum absolute atomic E-state index is 12.8. The van der Waals surface area contributed by atoms with Crippen molar-refractivity contribution in [2.24, 2.45) is 0 Å². The number of nitrogens with one attached hydrogen (secondary N) is 1. The molecule has 0 aliphatic carbocycles. The molecule has 0 saturated carbocycles. The first kappa shape index (κ1) is 15.6. The van der Waals surface area contributed by atoms with Crippen molar-refractivity contribution in [2.45, 2.75) is 32.4 Å². The van der Waals surface area contributed by atoms with Crippen LogP contribution in [-0.2, 0) is 9.53 Å². The number of aliphatic hydroxyl groups is 1. The number of carbonyl (C=O) groups is 1. The third kappa shape index (κ3) is 5.81. The first-order valence-electron chi connectivity index (χ1n) is 6.35. The van der Waals surface area contributed by atoms with E-state index in [1.54, 1.807) is 19.1 Å². The van der Waals surface area contributed by atoms with E-state index in [4.69, 9.17) is 4.74 Å². The Morgan fingerprint density at radius 1 is 1.42 bits per heavy atom. The Bertz CT molecular complexity index is 394. The number of ether oxygens (including phenoxy) is 1. The number of halogens is 1. The minimum absolute atomic E-state index is 0.0301. The molecule has 0 saturated heterocycles. The number of esters is 1. The Morgan fingerprint density at radius 3 is 2.63 bits per heavy atom. The molecular weight excluding hydrogens is 249 g/mol. The van der Waals surface area contributed by atoms with Gasteiger partial charge >= 0.3 is 5.97 Å². The van der Waals surface area contributed by atoms with Crippen LogP contribution in [0.1, 0.15) is 31.9 Å². The van der Waals surface area contributed by atoms with Gasteiger partial charge in [-0.05, 0) is 31.5 Å². The van der Waals surface area contributed by atoms with Crippen molar-refractivity contribution in [3.05, 3.63) is 35.6 Å². The summed E-state index contributed by atoms with van der Waals surface area (Å²) in [4.78, 5) is 11.2. The van der Waals surface area contributed by atoms with Gasteiger partial charge in [0.05, 0.1) is 19.1 Å². The molecule has 0 amide bonds. The molecular formula is C14H20FNO3. The second-order valence-corrected chi connectivity index (χ2v) is 4.34. The molecule has 0 fully saturated rings. The molecule has 106 valence electrons. The zero-order chi connectivity index (χ0) is 14.3. The predicted octanol–water partition coefficient (Wildman–Crippen LogP) is 1.79. The van der Waals surface area contributed by atoms with Crippen molar-refractivity contribution in [3.63, 3.8) is 0 Å². The Labute approximate surface area is 112 Å². The zero-order valence-electron chi connectivity index (χ0n) is 11.2. The van der Waals surface area contributed by atoms with E-state index in [0.717, 1.165) is 5.56 Å². The highest BCUT2D eigenvalue weighted by molar-refractivity contribution is 5.69. The number of rotatable bonds is 7. The van der Waals surface area contributed by atoms with E-state index in [1.165, 1.54) is 12.1 Å². The van der Waals surface area contributed by atoms with Crippen LogP contribution in [0.2, 0.25) is 0 Å². The van der Waals surface area contributed by atoms with E-state index in [2.05, 4.69) is 5.32 Å². The number of benzene rings is 1. The Morgan fingerprint density at radius 2 is 2.05 bits per heavy atom. The molecule has 2 atom stereocenters. The molecule has 1 rings (SSSR count). The Hall–Kier alpha value is -1.46. The summed E-state index contributed by atoms with van der Waals surface area (Å²) in [5.41, 5.74) is 0.921. The van der Waals surface area contributed by atoms with Crippen LogP contribution >= 0.6 is 0 Å². The summed E-state index contributed by atoms with van der Waals surface area (Å²) in [5.74, 6) is -0.690. The van der Waals surface area contributed by atoms with Crippen LogP contribution in [0, 0.1) is 5.82 Å². The fourth-order valence-electron chi connectivity index (χ4n) is 1.67. The summed E-state index contributed by atoms with van der Waals surface area (Å²) in [6, 6.07) is 6.12. The third-order valence-electron chi connectivity index (χ3n) is 2.74. The normalized spacial score (nSPS) is 13.9. The zero-order valence-corrected chi connectivity index (χ0v) is 11.2. The van der Waals surface area contributed by atoms with Crippen molar-refractivity contribution in [1.29, 1.82) is 0 Å². The first-order valence-corrected chi connectivity index (χ1v) is 6.35. The molecule has 19 heavy (non-hydrogen) atoms. The quantitative estimate of drug-likeness (QED) is 0.741. The van der Waals surface area contributed by atoms with Crippen LogP contribution in [-0.4, -0.2) is 30.3 Å². The number of carbonyl (C=O) groups excluding carboxylic acids is 1. The van der Waals surface area contributed by atoms with Gasteiger partial charge in [-0.1, -0.05) is 12.1 Å². The smallest absolute Gasteiger partial charge is 0.308 e. The topological polar surface area (TPSA) is 58.6 Å². The van der Waals surface area contributed by atoms with Gasteiger partial charge in [-0.2, -0.15) is 0 Å². The monoisotopic (exact) mass is 269 g/mol. The van der Waals surface area contributed by atoms with Crippen LogP contribution in [0.5, 0.6) is 0 Å². The largest absolute Gasteiger partial charge is 0.466 e. The molecule has 0 aliphatic rings. The lowest BCUT2D eigenvalue weighted by Crippen LogP contribution is -2.31. The van der Waals surface area contributed by atoms with Crippen molar-refractivity contribution < 1.29 is 19.0 Å². The first-order chi connectivity index (χ1) is 9.02. The summed E-state index contributed by atoms with van der Waals surface area (Å²) >= 11 is 0. The summed E-state index contributed by atoms with van der Waals surface area (Å²) in [5, 5.41) is 12.7. The van der Waals surface area contributed by atoms with Gasteiger partial charge in [0.1, 0.15) is 5.82 Å². The molecule has 0 bridgehead atoms. The second kappa shape index (κ2) is 7.86. The van der Waals surface area contributed by atoms with Crippen LogP contribution in [0.15, 0.2) is 24.3 Å².